The summed E-state index contributed by atoms with van der Waals surface area (Å²) in [6.07, 6.45) is 4.45. The zero-order valence-electron chi connectivity index (χ0n) is 11.7. The maximum absolute atomic E-state index is 12.5. The predicted molar refractivity (Wildman–Crippen MR) is 89.0 cm³/mol. The Kier molecular flexibility index (Phi) is 8.41. The van der Waals surface area contributed by atoms with E-state index < -0.39 is 0 Å². The molecule has 0 saturated heterocycles. The van der Waals surface area contributed by atoms with Crippen molar-refractivity contribution in [3.63, 3.8) is 0 Å². The van der Waals surface area contributed by atoms with Gasteiger partial charge in [0, 0.05) is 22.0 Å². The number of aliphatic hydroxyl groups excluding tert-OH is 1. The molecule has 112 valence electrons. The Morgan fingerprint density at radius 2 is 1.95 bits per heavy atom. The molecule has 0 aliphatic heterocycles. The molecule has 0 aliphatic rings. The summed E-state index contributed by atoms with van der Waals surface area (Å²) in [5.74, 6) is -0.0382. The minimum Gasteiger partial charge on any atom is -0.395 e. The SMILES string of the molecule is CCCCCCN(CCO)C(=O)c1cc(Br)ccc1Br. The molecule has 0 atom stereocenters. The van der Waals surface area contributed by atoms with Gasteiger partial charge < -0.3 is 10.0 Å². The molecule has 1 aromatic carbocycles. The molecule has 0 spiro atoms. The number of amides is 1. The number of halogens is 2. The Balaban J connectivity index is 2.74. The van der Waals surface area contributed by atoms with E-state index in [4.69, 9.17) is 5.11 Å². The molecule has 1 rings (SSSR count). The summed E-state index contributed by atoms with van der Waals surface area (Å²) in [7, 11) is 0. The molecule has 0 unspecified atom stereocenters. The molecule has 1 amide bonds. The van der Waals surface area contributed by atoms with Crippen molar-refractivity contribution in [1.82, 2.24) is 4.90 Å². The predicted octanol–water partition coefficient (Wildman–Crippen LogP) is 4.23. The van der Waals surface area contributed by atoms with E-state index in [1.54, 1.807) is 4.90 Å². The second-order valence-corrected chi connectivity index (χ2v) is 6.47. The molecule has 5 heteroatoms. The van der Waals surface area contributed by atoms with Crippen LogP contribution in [0.2, 0.25) is 0 Å². The fraction of sp³-hybridized carbons (Fsp3) is 0.533. The number of hydrogen-bond acceptors (Lipinski definition) is 2. The summed E-state index contributed by atoms with van der Waals surface area (Å²) in [5, 5.41) is 9.14. The van der Waals surface area contributed by atoms with Gasteiger partial charge in [-0.2, -0.15) is 0 Å². The fourth-order valence-corrected chi connectivity index (χ4v) is 2.77. The van der Waals surface area contributed by atoms with Gasteiger partial charge in [-0.25, -0.2) is 0 Å². The van der Waals surface area contributed by atoms with E-state index >= 15 is 0 Å². The van der Waals surface area contributed by atoms with Crippen molar-refractivity contribution in [2.75, 3.05) is 19.7 Å². The number of rotatable bonds is 8. The topological polar surface area (TPSA) is 40.5 Å². The van der Waals surface area contributed by atoms with Crippen LogP contribution in [0.25, 0.3) is 0 Å². The van der Waals surface area contributed by atoms with Gasteiger partial charge in [0.2, 0.25) is 0 Å². The average Bonchev–Trinajstić information content (AvgIpc) is 2.44. The molecular formula is C15H21Br2NO2. The Morgan fingerprint density at radius 3 is 2.60 bits per heavy atom. The van der Waals surface area contributed by atoms with E-state index in [0.717, 1.165) is 21.8 Å². The van der Waals surface area contributed by atoms with Gasteiger partial charge in [0.05, 0.1) is 12.2 Å². The van der Waals surface area contributed by atoms with Crippen LogP contribution in [0.3, 0.4) is 0 Å². The number of carbonyl (C=O) groups is 1. The summed E-state index contributed by atoms with van der Waals surface area (Å²) < 4.78 is 1.65. The van der Waals surface area contributed by atoms with Crippen LogP contribution in [0, 0.1) is 0 Å². The monoisotopic (exact) mass is 405 g/mol. The molecule has 0 radical (unpaired) electrons. The van der Waals surface area contributed by atoms with E-state index in [0.29, 0.717) is 18.7 Å². The van der Waals surface area contributed by atoms with Crippen LogP contribution < -0.4 is 0 Å². The lowest BCUT2D eigenvalue weighted by molar-refractivity contribution is 0.0717. The van der Waals surface area contributed by atoms with Crippen LogP contribution in [0.15, 0.2) is 27.1 Å². The lowest BCUT2D eigenvalue weighted by Crippen LogP contribution is -2.34. The van der Waals surface area contributed by atoms with Gasteiger partial charge in [-0.05, 0) is 40.5 Å². The number of carbonyl (C=O) groups excluding carboxylic acids is 1. The first-order valence-electron chi connectivity index (χ1n) is 6.95. The quantitative estimate of drug-likeness (QED) is 0.656. The molecule has 0 aliphatic carbocycles. The van der Waals surface area contributed by atoms with Gasteiger partial charge in [0.15, 0.2) is 0 Å². The van der Waals surface area contributed by atoms with E-state index in [-0.39, 0.29) is 12.5 Å². The Morgan fingerprint density at radius 1 is 1.20 bits per heavy atom. The molecule has 3 nitrogen and oxygen atoms in total. The van der Waals surface area contributed by atoms with Gasteiger partial charge >= 0.3 is 0 Å². The normalized spacial score (nSPS) is 10.6. The van der Waals surface area contributed by atoms with Gasteiger partial charge in [-0.3, -0.25) is 4.79 Å². The summed E-state index contributed by atoms with van der Waals surface area (Å²) in [6, 6.07) is 5.55. The van der Waals surface area contributed by atoms with Gasteiger partial charge in [0.1, 0.15) is 0 Å². The van der Waals surface area contributed by atoms with Crippen LogP contribution in [0.5, 0.6) is 0 Å². The number of benzene rings is 1. The Bertz CT molecular complexity index is 438. The third-order valence-corrected chi connectivity index (χ3v) is 4.28. The molecule has 1 aromatic rings. The van der Waals surface area contributed by atoms with Gasteiger partial charge in [0.25, 0.3) is 5.91 Å². The van der Waals surface area contributed by atoms with Crippen molar-refractivity contribution < 1.29 is 9.90 Å². The number of unbranched alkanes of at least 4 members (excludes halogenated alkanes) is 3. The van der Waals surface area contributed by atoms with Crippen molar-refractivity contribution in [3.05, 3.63) is 32.7 Å². The second-order valence-electron chi connectivity index (χ2n) is 4.70. The van der Waals surface area contributed by atoms with Crippen LogP contribution in [0.1, 0.15) is 43.0 Å². The molecule has 0 heterocycles. The minimum absolute atomic E-state index is 0.00879. The highest BCUT2D eigenvalue weighted by Gasteiger charge is 2.17. The van der Waals surface area contributed by atoms with E-state index in [1.807, 2.05) is 18.2 Å². The molecule has 20 heavy (non-hydrogen) atoms. The maximum atomic E-state index is 12.5. The van der Waals surface area contributed by atoms with E-state index in [9.17, 15) is 4.79 Å². The summed E-state index contributed by atoms with van der Waals surface area (Å²) in [4.78, 5) is 14.3. The first-order chi connectivity index (χ1) is 9.60. The third-order valence-electron chi connectivity index (χ3n) is 3.10. The van der Waals surface area contributed by atoms with E-state index in [1.165, 1.54) is 12.8 Å². The number of aliphatic hydroxyl groups is 1. The highest BCUT2D eigenvalue weighted by Crippen LogP contribution is 2.23. The number of hydrogen-bond donors (Lipinski definition) is 1. The third kappa shape index (κ3) is 5.54. The lowest BCUT2D eigenvalue weighted by atomic mass is 10.1. The zero-order valence-corrected chi connectivity index (χ0v) is 14.9. The standard InChI is InChI=1S/C15H21Br2NO2/c1-2-3-4-5-8-18(9-10-19)15(20)13-11-12(16)6-7-14(13)17/h6-7,11,19H,2-5,8-10H2,1H3. The van der Waals surface area contributed by atoms with Crippen LogP contribution in [-0.4, -0.2) is 35.6 Å². The first-order valence-corrected chi connectivity index (χ1v) is 8.54. The zero-order chi connectivity index (χ0) is 15.0. The summed E-state index contributed by atoms with van der Waals surface area (Å²) in [6.45, 7) is 3.22. The smallest absolute Gasteiger partial charge is 0.255 e. The Hall–Kier alpha value is -0.390. The molecule has 0 saturated carbocycles. The van der Waals surface area contributed by atoms with Crippen molar-refractivity contribution in [3.8, 4) is 0 Å². The molecular weight excluding hydrogens is 386 g/mol. The Labute approximate surface area is 137 Å². The lowest BCUT2D eigenvalue weighted by Gasteiger charge is -2.22. The number of nitrogens with zero attached hydrogens (tertiary/aromatic N) is 1. The fourth-order valence-electron chi connectivity index (χ4n) is 2.00. The largest absolute Gasteiger partial charge is 0.395 e. The molecule has 1 N–H and O–H groups in total. The van der Waals surface area contributed by atoms with Crippen molar-refractivity contribution in [1.29, 1.82) is 0 Å². The summed E-state index contributed by atoms with van der Waals surface area (Å²) >= 11 is 6.80. The van der Waals surface area contributed by atoms with Crippen LogP contribution in [0.4, 0.5) is 0 Å². The highest BCUT2D eigenvalue weighted by molar-refractivity contribution is 9.11. The molecule has 0 fully saturated rings. The van der Waals surface area contributed by atoms with Crippen LogP contribution in [-0.2, 0) is 0 Å². The van der Waals surface area contributed by atoms with Crippen LogP contribution >= 0.6 is 31.9 Å². The highest BCUT2D eigenvalue weighted by atomic mass is 79.9. The molecule has 0 bridgehead atoms. The van der Waals surface area contributed by atoms with Crippen molar-refractivity contribution in [2.24, 2.45) is 0 Å². The van der Waals surface area contributed by atoms with Crippen molar-refractivity contribution in [2.45, 2.75) is 32.6 Å². The maximum Gasteiger partial charge on any atom is 0.255 e. The van der Waals surface area contributed by atoms with E-state index in [2.05, 4.69) is 38.8 Å². The van der Waals surface area contributed by atoms with Gasteiger partial charge in [-0.15, -0.1) is 0 Å². The summed E-state index contributed by atoms with van der Waals surface area (Å²) in [5.41, 5.74) is 0.628. The van der Waals surface area contributed by atoms with Gasteiger partial charge in [-0.1, -0.05) is 42.1 Å². The second kappa shape index (κ2) is 9.53. The minimum atomic E-state index is -0.0382. The molecule has 0 aromatic heterocycles. The van der Waals surface area contributed by atoms with Crippen molar-refractivity contribution >= 4 is 37.8 Å². The first kappa shape index (κ1) is 17.7. The average molecular weight is 407 g/mol.